The molecule has 1 aromatic rings. The number of rotatable bonds is 1. The van der Waals surface area contributed by atoms with Crippen molar-refractivity contribution in [3.8, 4) is 5.75 Å². The number of methoxy groups -OCH3 is 1. The first-order valence-corrected chi connectivity index (χ1v) is 3.42. The van der Waals surface area contributed by atoms with Crippen molar-refractivity contribution in [1.82, 2.24) is 0 Å². The molecular weight excluding hydrogens is 220 g/mol. The van der Waals surface area contributed by atoms with Gasteiger partial charge in [-0.3, -0.25) is 0 Å². The Morgan fingerprint density at radius 3 is 2.10 bits per heavy atom. The van der Waals surface area contributed by atoms with Crippen LogP contribution in [0.2, 0.25) is 0 Å². The summed E-state index contributed by atoms with van der Waals surface area (Å²) in [4.78, 5) is 0. The van der Waals surface area contributed by atoms with E-state index in [0.717, 1.165) is 10.2 Å². The summed E-state index contributed by atoms with van der Waals surface area (Å²) in [5, 5.41) is 0. The molecule has 0 saturated heterocycles. The molecule has 0 N–H and O–H groups in total. The number of halogens is 1. The van der Waals surface area contributed by atoms with E-state index in [1.807, 2.05) is 24.3 Å². The van der Waals surface area contributed by atoms with E-state index in [9.17, 15) is 0 Å². The molecule has 0 unspecified atom stereocenters. The standard InChI is InChI=1S/C7H7BrO.Ar/c1-9-7-4-2-6(8)3-5-7;/h2-5H,1H3;. The maximum Gasteiger partial charge on any atom is 0.118 e. The molecule has 0 atom stereocenters. The topological polar surface area (TPSA) is 9.23 Å². The average Bonchev–Trinajstić information content (AvgIpc) is 1.90. The van der Waals surface area contributed by atoms with Crippen molar-refractivity contribution in [3.05, 3.63) is 28.7 Å². The maximum atomic E-state index is 4.95. The van der Waals surface area contributed by atoms with Crippen LogP contribution in [0.5, 0.6) is 5.75 Å². The van der Waals surface area contributed by atoms with E-state index in [2.05, 4.69) is 15.9 Å². The Bertz CT molecular complexity index is 185. The third kappa shape index (κ3) is 3.24. The molecule has 0 aliphatic rings. The monoisotopic (exact) mass is 226 g/mol. The van der Waals surface area contributed by atoms with Crippen molar-refractivity contribution >= 4 is 15.9 Å². The van der Waals surface area contributed by atoms with Crippen LogP contribution in [0.25, 0.3) is 0 Å². The van der Waals surface area contributed by atoms with Gasteiger partial charge in [0.1, 0.15) is 5.75 Å². The summed E-state index contributed by atoms with van der Waals surface area (Å²) in [5.74, 6) is 0.887. The summed E-state index contributed by atoms with van der Waals surface area (Å²) in [6.07, 6.45) is 0. The largest absolute Gasteiger partial charge is 0.497 e. The van der Waals surface area contributed by atoms with Crippen LogP contribution in [0.3, 0.4) is 0 Å². The molecule has 0 radical (unpaired) electrons. The first-order chi connectivity index (χ1) is 4.33. The molecule has 3 heteroatoms. The molecule has 1 aromatic carbocycles. The van der Waals surface area contributed by atoms with Crippen LogP contribution >= 0.6 is 15.9 Å². The quantitative estimate of drug-likeness (QED) is 0.715. The second-order valence-electron chi connectivity index (χ2n) is 1.66. The molecule has 0 fully saturated rings. The van der Waals surface area contributed by atoms with Gasteiger partial charge in [-0.15, -0.1) is 0 Å². The number of hydrogen-bond acceptors (Lipinski definition) is 1. The molecule has 56 valence electrons. The van der Waals surface area contributed by atoms with E-state index >= 15 is 0 Å². The molecule has 0 heterocycles. The molecule has 0 bridgehead atoms. The summed E-state index contributed by atoms with van der Waals surface area (Å²) in [5.41, 5.74) is 0. The third-order valence-electron chi connectivity index (χ3n) is 1.05. The number of benzene rings is 1. The minimum absolute atomic E-state index is 0. The van der Waals surface area contributed by atoms with Crippen LogP contribution in [0.1, 0.15) is 0 Å². The first-order valence-electron chi connectivity index (χ1n) is 2.62. The van der Waals surface area contributed by atoms with Gasteiger partial charge in [0.2, 0.25) is 0 Å². The maximum absolute atomic E-state index is 4.95. The predicted octanol–water partition coefficient (Wildman–Crippen LogP) is 2.46. The molecule has 0 spiro atoms. The third-order valence-corrected chi connectivity index (χ3v) is 1.58. The van der Waals surface area contributed by atoms with Crippen molar-refractivity contribution in [3.63, 3.8) is 0 Å². The zero-order chi connectivity index (χ0) is 6.69. The van der Waals surface area contributed by atoms with Gasteiger partial charge in [0.25, 0.3) is 0 Å². The summed E-state index contributed by atoms with van der Waals surface area (Å²) in [7, 11) is 1.66. The summed E-state index contributed by atoms with van der Waals surface area (Å²) < 4.78 is 6.02. The second kappa shape index (κ2) is 5.42. The fourth-order valence-corrected chi connectivity index (χ4v) is 0.835. The van der Waals surface area contributed by atoms with E-state index < -0.39 is 0 Å². The van der Waals surface area contributed by atoms with E-state index in [1.54, 1.807) is 7.11 Å². The Hall–Kier alpha value is 0.760. The number of hydrogen-bond donors (Lipinski definition) is 0. The SMILES string of the molecule is COc1ccc(Br)cc1.[Ar]. The van der Waals surface area contributed by atoms with Crippen LogP contribution in [0.15, 0.2) is 28.7 Å². The van der Waals surface area contributed by atoms with Crippen LogP contribution in [-0.2, 0) is 0 Å². The van der Waals surface area contributed by atoms with E-state index in [1.165, 1.54) is 0 Å². The van der Waals surface area contributed by atoms with Crippen molar-refractivity contribution in [2.24, 2.45) is 0 Å². The molecule has 0 aliphatic carbocycles. The van der Waals surface area contributed by atoms with Crippen LogP contribution in [0, 0.1) is 37.7 Å². The van der Waals surface area contributed by atoms with Crippen molar-refractivity contribution < 1.29 is 42.5 Å². The average molecular weight is 227 g/mol. The molecule has 0 aliphatic heterocycles. The zero-order valence-corrected chi connectivity index (χ0v) is 7.74. The Morgan fingerprint density at radius 2 is 1.70 bits per heavy atom. The molecule has 1 rings (SSSR count). The van der Waals surface area contributed by atoms with Gasteiger partial charge in [-0.2, -0.15) is 0 Å². The van der Waals surface area contributed by atoms with Gasteiger partial charge in [0.15, 0.2) is 0 Å². The first kappa shape index (κ1) is 10.8. The molecule has 10 heavy (non-hydrogen) atoms. The van der Waals surface area contributed by atoms with Gasteiger partial charge in [-0.05, 0) is 24.3 Å². The van der Waals surface area contributed by atoms with Gasteiger partial charge < -0.3 is 4.74 Å². The Labute approximate surface area is 98.9 Å². The van der Waals surface area contributed by atoms with E-state index in [0.29, 0.717) is 0 Å². The van der Waals surface area contributed by atoms with Crippen molar-refractivity contribution in [2.75, 3.05) is 7.11 Å². The summed E-state index contributed by atoms with van der Waals surface area (Å²) in [6.45, 7) is 0. The second-order valence-corrected chi connectivity index (χ2v) is 2.57. The Morgan fingerprint density at radius 1 is 1.20 bits per heavy atom. The summed E-state index contributed by atoms with van der Waals surface area (Å²) in [6, 6.07) is 7.70. The molecule has 1 nitrogen and oxygen atoms in total. The van der Waals surface area contributed by atoms with Crippen molar-refractivity contribution in [1.29, 1.82) is 0 Å². The molecule has 0 saturated carbocycles. The fraction of sp³-hybridized carbons (Fsp3) is 0.143. The van der Waals surface area contributed by atoms with Crippen LogP contribution in [0.4, 0.5) is 0 Å². The van der Waals surface area contributed by atoms with Crippen molar-refractivity contribution in [2.45, 2.75) is 0 Å². The number of ether oxygens (including phenoxy) is 1. The van der Waals surface area contributed by atoms with Gasteiger partial charge >= 0.3 is 0 Å². The van der Waals surface area contributed by atoms with Gasteiger partial charge in [-0.25, -0.2) is 0 Å². The molecular formula is C7H7ArBrO. The van der Waals surface area contributed by atoms with E-state index in [4.69, 9.17) is 4.74 Å². The normalized spacial score (nSPS) is 8.20. The van der Waals surface area contributed by atoms with Gasteiger partial charge in [0, 0.05) is 42.2 Å². The minimum atomic E-state index is 0. The minimum Gasteiger partial charge on any atom is -0.497 e. The summed E-state index contributed by atoms with van der Waals surface area (Å²) >= 11 is 3.32. The smallest absolute Gasteiger partial charge is 0.118 e. The Balaban J connectivity index is 0.000000810. The Kier molecular flexibility index (Phi) is 5.83. The van der Waals surface area contributed by atoms with Crippen LogP contribution < -0.4 is 4.74 Å². The van der Waals surface area contributed by atoms with Gasteiger partial charge in [-0.1, -0.05) is 15.9 Å². The van der Waals surface area contributed by atoms with Gasteiger partial charge in [0.05, 0.1) is 7.11 Å². The van der Waals surface area contributed by atoms with E-state index in [-0.39, 0.29) is 37.7 Å². The van der Waals surface area contributed by atoms with Crippen LogP contribution in [-0.4, -0.2) is 7.11 Å². The molecule has 0 amide bonds. The zero-order valence-electron chi connectivity index (χ0n) is 5.45. The fourth-order valence-electron chi connectivity index (χ4n) is 0.571. The molecule has 0 aromatic heterocycles. The predicted molar refractivity (Wildman–Crippen MR) is 40.7 cm³/mol.